The Balaban J connectivity index is 1.70. The number of ether oxygens (including phenoxy) is 2. The van der Waals surface area contributed by atoms with Crippen LogP contribution >= 0.6 is 43.5 Å². The monoisotopic (exact) mass is 637 g/mol. The standard InChI is InChI=1S/C26H26Br2ClN3O4/c1-3-35-26(34)15(2)36-23-20(28)11-16(12-21(23)29)14-30-32-24(17-7-5-4-6-8-17)31-22-10-9-18(27)13-19(22)25(32)33/h9-15,17H,3-8H2,1-2H3/t15-/m1/s1. The normalized spacial score (nSPS) is 15.4. The van der Waals surface area contributed by atoms with Crippen LogP contribution in [-0.4, -0.2) is 34.6 Å². The summed E-state index contributed by atoms with van der Waals surface area (Å²) < 4.78 is 13.5. The van der Waals surface area contributed by atoms with Crippen molar-refractivity contribution >= 4 is 66.5 Å². The molecule has 0 amide bonds. The molecule has 0 radical (unpaired) electrons. The van der Waals surface area contributed by atoms with Crippen molar-refractivity contribution in [2.45, 2.75) is 58.0 Å². The Morgan fingerprint density at radius 1 is 1.25 bits per heavy atom. The summed E-state index contributed by atoms with van der Waals surface area (Å²) in [5, 5.41) is 5.35. The van der Waals surface area contributed by atoms with Crippen LogP contribution in [-0.2, 0) is 9.53 Å². The minimum atomic E-state index is -0.821. The third-order valence-electron chi connectivity index (χ3n) is 6.06. The minimum Gasteiger partial charge on any atom is -0.476 e. The van der Waals surface area contributed by atoms with E-state index in [2.05, 4.69) is 37.0 Å². The van der Waals surface area contributed by atoms with Gasteiger partial charge in [-0.3, -0.25) is 4.79 Å². The first-order valence-electron chi connectivity index (χ1n) is 11.9. The van der Waals surface area contributed by atoms with Crippen molar-refractivity contribution in [3.63, 3.8) is 0 Å². The number of rotatable bonds is 7. The Morgan fingerprint density at radius 2 is 2.00 bits per heavy atom. The Kier molecular flexibility index (Phi) is 8.85. The van der Waals surface area contributed by atoms with E-state index in [-0.39, 0.29) is 18.1 Å². The summed E-state index contributed by atoms with van der Waals surface area (Å²) in [5.41, 5.74) is 1.10. The maximum Gasteiger partial charge on any atom is 0.347 e. The molecular formula is C26H26Br2ClN3O4. The Hall–Kier alpha value is -2.23. The van der Waals surface area contributed by atoms with Crippen LogP contribution in [0.15, 0.2) is 49.2 Å². The molecule has 4 rings (SSSR count). The molecule has 1 heterocycles. The van der Waals surface area contributed by atoms with E-state index < -0.39 is 12.1 Å². The lowest BCUT2D eigenvalue weighted by molar-refractivity contribution is -0.150. The largest absolute Gasteiger partial charge is 0.476 e. The van der Waals surface area contributed by atoms with Crippen molar-refractivity contribution in [2.24, 2.45) is 5.10 Å². The van der Waals surface area contributed by atoms with Crippen LogP contribution in [0.4, 0.5) is 0 Å². The Morgan fingerprint density at radius 3 is 2.69 bits per heavy atom. The molecule has 36 heavy (non-hydrogen) atoms. The number of fused-ring (bicyclic) bond motifs is 1. The Bertz CT molecular complexity index is 1350. The van der Waals surface area contributed by atoms with Crippen molar-refractivity contribution in [2.75, 3.05) is 6.61 Å². The van der Waals surface area contributed by atoms with E-state index in [1.807, 2.05) is 12.1 Å². The lowest BCUT2D eigenvalue weighted by atomic mass is 9.88. The highest BCUT2D eigenvalue weighted by Gasteiger charge is 2.23. The number of hydrogen-bond acceptors (Lipinski definition) is 6. The third-order valence-corrected chi connectivity index (χ3v) is 7.42. The lowest BCUT2D eigenvalue weighted by Gasteiger charge is -2.22. The van der Waals surface area contributed by atoms with Crippen LogP contribution in [0.3, 0.4) is 0 Å². The predicted molar refractivity (Wildman–Crippen MR) is 148 cm³/mol. The fraction of sp³-hybridized carbons (Fsp3) is 0.385. The first-order chi connectivity index (χ1) is 17.3. The highest BCUT2D eigenvalue weighted by atomic mass is 79.9. The molecular weight excluding hydrogens is 614 g/mol. The number of aromatic nitrogens is 2. The molecule has 0 spiro atoms. The lowest BCUT2D eigenvalue weighted by Crippen LogP contribution is -2.26. The molecule has 1 aliphatic rings. The zero-order valence-electron chi connectivity index (χ0n) is 20.0. The summed E-state index contributed by atoms with van der Waals surface area (Å²) in [7, 11) is 0. The van der Waals surface area contributed by atoms with Crippen LogP contribution in [0.1, 0.15) is 63.3 Å². The van der Waals surface area contributed by atoms with Gasteiger partial charge in [0.05, 0.1) is 33.2 Å². The van der Waals surface area contributed by atoms with Crippen molar-refractivity contribution in [1.29, 1.82) is 0 Å². The van der Waals surface area contributed by atoms with Gasteiger partial charge in [0, 0.05) is 10.4 Å². The molecule has 1 aliphatic carbocycles. The summed E-state index contributed by atoms with van der Waals surface area (Å²) in [6.07, 6.45) is 6.12. The summed E-state index contributed by atoms with van der Waals surface area (Å²) in [6, 6.07) is 8.94. The molecule has 1 aromatic heterocycles. The number of halogens is 3. The molecule has 10 heteroatoms. The molecule has 0 aliphatic heterocycles. The van der Waals surface area contributed by atoms with Crippen molar-refractivity contribution in [1.82, 2.24) is 9.66 Å². The minimum absolute atomic E-state index is 0.173. The second-order valence-electron chi connectivity index (χ2n) is 8.65. The van der Waals surface area contributed by atoms with E-state index in [1.54, 1.807) is 38.3 Å². The van der Waals surface area contributed by atoms with Gasteiger partial charge in [-0.2, -0.15) is 9.78 Å². The number of esters is 1. The average molecular weight is 640 g/mol. The average Bonchev–Trinajstić information content (AvgIpc) is 2.86. The molecule has 0 N–H and O–H groups in total. The maximum atomic E-state index is 13.5. The number of carbonyl (C=O) groups excluding carboxylic acids is 1. The number of nitrogens with zero attached hydrogens (tertiary/aromatic N) is 3. The van der Waals surface area contributed by atoms with E-state index in [4.69, 9.17) is 26.1 Å². The van der Waals surface area contributed by atoms with Gasteiger partial charge in [-0.1, -0.05) is 46.8 Å². The molecule has 1 fully saturated rings. The van der Waals surface area contributed by atoms with Crippen LogP contribution in [0, 0.1) is 0 Å². The van der Waals surface area contributed by atoms with Gasteiger partial charge in [-0.05, 0) is 78.5 Å². The highest BCUT2D eigenvalue weighted by Crippen LogP contribution is 2.35. The van der Waals surface area contributed by atoms with E-state index in [1.165, 1.54) is 11.1 Å². The van der Waals surface area contributed by atoms with E-state index in [0.717, 1.165) is 30.2 Å². The molecule has 0 saturated heterocycles. The highest BCUT2D eigenvalue weighted by molar-refractivity contribution is 9.10. The SMILES string of the molecule is CCOC(=O)[C@@H](C)Oc1c(Cl)cc(C=Nn2c(C3CCCCC3)nc3ccc(Br)cc3c2=O)cc1Br. The Labute approximate surface area is 231 Å². The quantitative estimate of drug-likeness (QED) is 0.209. The predicted octanol–water partition coefficient (Wildman–Crippen LogP) is 6.84. The molecule has 7 nitrogen and oxygen atoms in total. The van der Waals surface area contributed by atoms with E-state index in [9.17, 15) is 9.59 Å². The summed E-state index contributed by atoms with van der Waals surface area (Å²) in [4.78, 5) is 30.3. The third kappa shape index (κ3) is 6.01. The molecule has 0 bridgehead atoms. The topological polar surface area (TPSA) is 82.8 Å². The fourth-order valence-corrected chi connectivity index (χ4v) is 5.60. The second kappa shape index (κ2) is 11.9. The zero-order valence-corrected chi connectivity index (χ0v) is 23.9. The van der Waals surface area contributed by atoms with Gasteiger partial charge < -0.3 is 9.47 Å². The first-order valence-corrected chi connectivity index (χ1v) is 13.8. The summed E-state index contributed by atoms with van der Waals surface area (Å²) >= 11 is 13.4. The molecule has 2 aromatic carbocycles. The van der Waals surface area contributed by atoms with Crippen molar-refractivity contribution in [3.8, 4) is 5.75 Å². The number of carbonyl (C=O) groups is 1. The van der Waals surface area contributed by atoms with Gasteiger partial charge in [-0.25, -0.2) is 9.78 Å². The number of hydrogen-bond donors (Lipinski definition) is 0. The van der Waals surface area contributed by atoms with Gasteiger partial charge >= 0.3 is 5.97 Å². The van der Waals surface area contributed by atoms with Gasteiger partial charge in [0.25, 0.3) is 5.56 Å². The number of benzene rings is 2. The van der Waals surface area contributed by atoms with Crippen LogP contribution in [0.2, 0.25) is 5.02 Å². The fourth-order valence-electron chi connectivity index (χ4n) is 4.28. The molecule has 0 unspecified atom stereocenters. The van der Waals surface area contributed by atoms with Crippen molar-refractivity contribution < 1.29 is 14.3 Å². The molecule has 1 atom stereocenters. The zero-order chi connectivity index (χ0) is 25.8. The second-order valence-corrected chi connectivity index (χ2v) is 10.8. The maximum absolute atomic E-state index is 13.5. The van der Waals surface area contributed by atoms with Crippen molar-refractivity contribution in [3.05, 3.63) is 66.0 Å². The summed E-state index contributed by atoms with van der Waals surface area (Å²) in [6.45, 7) is 3.59. The molecule has 190 valence electrons. The molecule has 1 saturated carbocycles. The van der Waals surface area contributed by atoms with E-state index >= 15 is 0 Å². The van der Waals surface area contributed by atoms with Gasteiger partial charge in [0.15, 0.2) is 11.9 Å². The summed E-state index contributed by atoms with van der Waals surface area (Å²) in [5.74, 6) is 0.703. The van der Waals surface area contributed by atoms with Gasteiger partial charge in [-0.15, -0.1) is 0 Å². The van der Waals surface area contributed by atoms with Crippen LogP contribution in [0.25, 0.3) is 10.9 Å². The first kappa shape index (κ1) is 26.8. The van der Waals surface area contributed by atoms with Crippen LogP contribution in [0.5, 0.6) is 5.75 Å². The van der Waals surface area contributed by atoms with Crippen LogP contribution < -0.4 is 10.3 Å². The van der Waals surface area contributed by atoms with E-state index in [0.29, 0.717) is 37.5 Å². The van der Waals surface area contributed by atoms with Gasteiger partial charge in [0.1, 0.15) is 5.82 Å². The molecule has 3 aromatic rings. The van der Waals surface area contributed by atoms with Gasteiger partial charge in [0.2, 0.25) is 0 Å². The smallest absolute Gasteiger partial charge is 0.347 e.